The van der Waals surface area contributed by atoms with Crippen molar-refractivity contribution in [3.05, 3.63) is 22.4 Å². The molecule has 1 aromatic heterocycles. The van der Waals surface area contributed by atoms with Gasteiger partial charge in [0.15, 0.2) is 0 Å². The Kier molecular flexibility index (Phi) is 5.00. The molecule has 0 spiro atoms. The van der Waals surface area contributed by atoms with Crippen LogP contribution in [0.1, 0.15) is 16.8 Å². The van der Waals surface area contributed by atoms with E-state index < -0.39 is 0 Å². The van der Waals surface area contributed by atoms with Crippen molar-refractivity contribution in [1.29, 1.82) is 0 Å². The molecule has 0 atom stereocenters. The van der Waals surface area contributed by atoms with Crippen LogP contribution in [0.15, 0.2) is 16.8 Å². The van der Waals surface area contributed by atoms with Crippen LogP contribution in [-0.2, 0) is 0 Å². The standard InChI is InChI=1S/C12H17BrN2OS/c13-3-6-14-4-1-5-15(8-7-14)12(16)11-2-9-17-10-11/h2,9-10H,1,3-8H2. The third-order valence-electron chi connectivity index (χ3n) is 3.04. The van der Waals surface area contributed by atoms with E-state index in [9.17, 15) is 4.79 Å². The van der Waals surface area contributed by atoms with Gasteiger partial charge in [-0.1, -0.05) is 15.9 Å². The molecule has 0 bridgehead atoms. The second kappa shape index (κ2) is 6.52. The molecule has 0 aliphatic carbocycles. The van der Waals surface area contributed by atoms with E-state index in [2.05, 4.69) is 20.8 Å². The molecule has 1 fully saturated rings. The number of hydrogen-bond donors (Lipinski definition) is 0. The molecule has 1 aliphatic rings. The van der Waals surface area contributed by atoms with Crippen LogP contribution in [0.5, 0.6) is 0 Å². The van der Waals surface area contributed by atoms with Crippen molar-refractivity contribution in [3.63, 3.8) is 0 Å². The minimum absolute atomic E-state index is 0.187. The highest BCUT2D eigenvalue weighted by Gasteiger charge is 2.19. The molecular weight excluding hydrogens is 300 g/mol. The van der Waals surface area contributed by atoms with Crippen LogP contribution in [0.2, 0.25) is 0 Å². The molecule has 0 unspecified atom stereocenters. The van der Waals surface area contributed by atoms with Crippen molar-refractivity contribution in [2.75, 3.05) is 38.1 Å². The minimum atomic E-state index is 0.187. The van der Waals surface area contributed by atoms with Gasteiger partial charge in [0.05, 0.1) is 5.56 Å². The summed E-state index contributed by atoms with van der Waals surface area (Å²) in [5, 5.41) is 4.90. The van der Waals surface area contributed by atoms with Gasteiger partial charge in [0.1, 0.15) is 0 Å². The van der Waals surface area contributed by atoms with E-state index in [0.717, 1.165) is 50.0 Å². The number of halogens is 1. The quantitative estimate of drug-likeness (QED) is 0.799. The van der Waals surface area contributed by atoms with Crippen molar-refractivity contribution in [1.82, 2.24) is 9.80 Å². The maximum absolute atomic E-state index is 12.2. The van der Waals surface area contributed by atoms with Crippen LogP contribution in [0.25, 0.3) is 0 Å². The zero-order chi connectivity index (χ0) is 12.1. The van der Waals surface area contributed by atoms with Crippen molar-refractivity contribution in [3.8, 4) is 0 Å². The van der Waals surface area contributed by atoms with Crippen LogP contribution < -0.4 is 0 Å². The molecule has 5 heteroatoms. The Labute approximate surface area is 115 Å². The van der Waals surface area contributed by atoms with Gasteiger partial charge in [-0.25, -0.2) is 0 Å². The summed E-state index contributed by atoms with van der Waals surface area (Å²) >= 11 is 5.05. The minimum Gasteiger partial charge on any atom is -0.337 e. The lowest BCUT2D eigenvalue weighted by atomic mass is 10.3. The molecule has 1 aliphatic heterocycles. The highest BCUT2D eigenvalue weighted by atomic mass is 79.9. The molecule has 0 radical (unpaired) electrons. The molecule has 3 nitrogen and oxygen atoms in total. The normalized spacial score (nSPS) is 18.1. The number of rotatable bonds is 3. The van der Waals surface area contributed by atoms with Crippen LogP contribution in [0, 0.1) is 0 Å². The number of nitrogens with zero attached hydrogens (tertiary/aromatic N) is 2. The first-order valence-electron chi connectivity index (χ1n) is 5.91. The van der Waals surface area contributed by atoms with Crippen LogP contribution >= 0.6 is 27.3 Å². The zero-order valence-corrected chi connectivity index (χ0v) is 12.2. The average Bonchev–Trinajstić information content (AvgIpc) is 2.76. The van der Waals surface area contributed by atoms with E-state index in [0.29, 0.717) is 0 Å². The van der Waals surface area contributed by atoms with E-state index in [1.807, 2.05) is 21.7 Å². The SMILES string of the molecule is O=C(c1ccsc1)N1CCCN(CCBr)CC1. The summed E-state index contributed by atoms with van der Waals surface area (Å²) < 4.78 is 0. The zero-order valence-electron chi connectivity index (χ0n) is 9.77. The largest absolute Gasteiger partial charge is 0.337 e. The first-order valence-corrected chi connectivity index (χ1v) is 7.97. The van der Waals surface area contributed by atoms with E-state index >= 15 is 0 Å². The Balaban J connectivity index is 1.92. The number of thiophene rings is 1. The van der Waals surface area contributed by atoms with Gasteiger partial charge in [-0.15, -0.1) is 0 Å². The monoisotopic (exact) mass is 316 g/mol. The summed E-state index contributed by atoms with van der Waals surface area (Å²) in [4.78, 5) is 16.6. The fraction of sp³-hybridized carbons (Fsp3) is 0.583. The molecule has 1 aromatic rings. The second-order valence-corrected chi connectivity index (χ2v) is 5.76. The Hall–Kier alpha value is -0.390. The van der Waals surface area contributed by atoms with Crippen LogP contribution in [-0.4, -0.2) is 53.8 Å². The van der Waals surface area contributed by atoms with Gasteiger partial charge in [0.2, 0.25) is 0 Å². The van der Waals surface area contributed by atoms with Crippen molar-refractivity contribution >= 4 is 33.2 Å². The molecule has 0 aromatic carbocycles. The summed E-state index contributed by atoms with van der Waals surface area (Å²) in [6.07, 6.45) is 1.07. The van der Waals surface area contributed by atoms with E-state index in [1.54, 1.807) is 11.3 Å². The highest BCUT2D eigenvalue weighted by Crippen LogP contribution is 2.12. The molecule has 0 saturated carbocycles. The van der Waals surface area contributed by atoms with Gasteiger partial charge in [0, 0.05) is 36.9 Å². The summed E-state index contributed by atoms with van der Waals surface area (Å²) in [6, 6.07) is 1.91. The summed E-state index contributed by atoms with van der Waals surface area (Å²) in [6.45, 7) is 4.89. The fourth-order valence-corrected chi connectivity index (χ4v) is 3.22. The van der Waals surface area contributed by atoms with Gasteiger partial charge in [-0.05, 0) is 24.4 Å². The number of hydrogen-bond acceptors (Lipinski definition) is 3. The number of carbonyl (C=O) groups excluding carboxylic acids is 1. The molecule has 1 saturated heterocycles. The predicted octanol–water partition coefficient (Wildman–Crippen LogP) is 2.29. The molecule has 2 heterocycles. The highest BCUT2D eigenvalue weighted by molar-refractivity contribution is 9.09. The number of amides is 1. The predicted molar refractivity (Wildman–Crippen MR) is 75.1 cm³/mol. The van der Waals surface area contributed by atoms with Gasteiger partial charge in [-0.2, -0.15) is 11.3 Å². The lowest BCUT2D eigenvalue weighted by molar-refractivity contribution is 0.0762. The summed E-state index contributed by atoms with van der Waals surface area (Å²) in [5.74, 6) is 0.187. The molecule has 0 N–H and O–H groups in total. The molecular formula is C12H17BrN2OS. The Morgan fingerprint density at radius 1 is 1.35 bits per heavy atom. The van der Waals surface area contributed by atoms with Gasteiger partial charge >= 0.3 is 0 Å². The molecule has 1 amide bonds. The Bertz CT molecular complexity index is 355. The van der Waals surface area contributed by atoms with Gasteiger partial charge in [-0.3, -0.25) is 4.79 Å². The summed E-state index contributed by atoms with van der Waals surface area (Å²) in [7, 11) is 0. The van der Waals surface area contributed by atoms with E-state index in [1.165, 1.54) is 0 Å². The second-order valence-electron chi connectivity index (χ2n) is 4.19. The molecule has 2 rings (SSSR count). The maximum Gasteiger partial charge on any atom is 0.254 e. The fourth-order valence-electron chi connectivity index (χ4n) is 2.09. The first kappa shape index (κ1) is 13.1. The lowest BCUT2D eigenvalue weighted by Gasteiger charge is -2.21. The molecule has 94 valence electrons. The summed E-state index contributed by atoms with van der Waals surface area (Å²) in [5.41, 5.74) is 0.837. The first-order chi connectivity index (χ1) is 8.31. The third kappa shape index (κ3) is 3.53. The maximum atomic E-state index is 12.2. The third-order valence-corrected chi connectivity index (χ3v) is 4.08. The van der Waals surface area contributed by atoms with Crippen molar-refractivity contribution < 1.29 is 4.79 Å². The van der Waals surface area contributed by atoms with Gasteiger partial charge in [0.25, 0.3) is 5.91 Å². The topological polar surface area (TPSA) is 23.6 Å². The smallest absolute Gasteiger partial charge is 0.254 e. The number of carbonyl (C=O) groups is 1. The number of alkyl halides is 1. The van der Waals surface area contributed by atoms with Crippen LogP contribution in [0.3, 0.4) is 0 Å². The van der Waals surface area contributed by atoms with Gasteiger partial charge < -0.3 is 9.80 Å². The van der Waals surface area contributed by atoms with Crippen molar-refractivity contribution in [2.45, 2.75) is 6.42 Å². The average molecular weight is 317 g/mol. The van der Waals surface area contributed by atoms with E-state index in [4.69, 9.17) is 0 Å². The molecule has 17 heavy (non-hydrogen) atoms. The lowest BCUT2D eigenvalue weighted by Crippen LogP contribution is -2.35. The van der Waals surface area contributed by atoms with Crippen molar-refractivity contribution in [2.24, 2.45) is 0 Å². The van der Waals surface area contributed by atoms with E-state index in [-0.39, 0.29) is 5.91 Å². The Morgan fingerprint density at radius 2 is 2.24 bits per heavy atom. The Morgan fingerprint density at radius 3 is 2.94 bits per heavy atom. The van der Waals surface area contributed by atoms with Crippen LogP contribution in [0.4, 0.5) is 0 Å².